The standard InChI is InChI=1S/C22H23FN4O/c1-15(2)17-5-9-19(10-6-17)27-22(28)20-13-21(26-14-25-20)24-12-11-16-3-7-18(23)8-4-16/h3-10,13-15H,11-12H2,1-2H3,(H,27,28)(H,24,25,26). The van der Waals surface area contributed by atoms with Crippen molar-refractivity contribution in [2.24, 2.45) is 0 Å². The minimum absolute atomic E-state index is 0.248. The lowest BCUT2D eigenvalue weighted by atomic mass is 10.0. The van der Waals surface area contributed by atoms with Crippen molar-refractivity contribution in [2.45, 2.75) is 26.2 Å². The number of hydrogen-bond donors (Lipinski definition) is 2. The average molecular weight is 378 g/mol. The summed E-state index contributed by atoms with van der Waals surface area (Å²) in [5.41, 5.74) is 3.24. The highest BCUT2D eigenvalue weighted by molar-refractivity contribution is 6.03. The highest BCUT2D eigenvalue weighted by Crippen LogP contribution is 2.17. The van der Waals surface area contributed by atoms with Crippen LogP contribution in [0.2, 0.25) is 0 Å². The molecule has 0 aliphatic rings. The number of aromatic nitrogens is 2. The van der Waals surface area contributed by atoms with E-state index in [0.29, 0.717) is 24.7 Å². The van der Waals surface area contributed by atoms with E-state index in [1.165, 1.54) is 24.0 Å². The van der Waals surface area contributed by atoms with Gasteiger partial charge in [0.2, 0.25) is 0 Å². The zero-order chi connectivity index (χ0) is 19.9. The van der Waals surface area contributed by atoms with Gasteiger partial charge in [-0.3, -0.25) is 4.79 Å². The van der Waals surface area contributed by atoms with Crippen molar-refractivity contribution in [3.8, 4) is 0 Å². The molecule has 144 valence electrons. The third kappa shape index (κ3) is 5.36. The molecular formula is C22H23FN4O. The highest BCUT2D eigenvalue weighted by atomic mass is 19.1. The van der Waals surface area contributed by atoms with Crippen LogP contribution in [-0.2, 0) is 6.42 Å². The number of anilines is 2. The Balaban J connectivity index is 1.57. The van der Waals surface area contributed by atoms with Gasteiger partial charge in [-0.2, -0.15) is 0 Å². The fraction of sp³-hybridized carbons (Fsp3) is 0.227. The Bertz CT molecular complexity index is 924. The van der Waals surface area contributed by atoms with Crippen LogP contribution in [0.1, 0.15) is 41.4 Å². The molecule has 1 heterocycles. The Morgan fingerprint density at radius 2 is 1.75 bits per heavy atom. The summed E-state index contributed by atoms with van der Waals surface area (Å²) in [5.74, 6) is 0.468. The molecule has 0 spiro atoms. The lowest BCUT2D eigenvalue weighted by Gasteiger charge is -2.09. The van der Waals surface area contributed by atoms with Gasteiger partial charge in [0, 0.05) is 18.3 Å². The van der Waals surface area contributed by atoms with Crippen LogP contribution in [0.5, 0.6) is 0 Å². The third-order valence-electron chi connectivity index (χ3n) is 4.37. The van der Waals surface area contributed by atoms with E-state index in [2.05, 4.69) is 34.4 Å². The van der Waals surface area contributed by atoms with Crippen molar-refractivity contribution in [2.75, 3.05) is 17.2 Å². The van der Waals surface area contributed by atoms with Crippen LogP contribution >= 0.6 is 0 Å². The number of carbonyl (C=O) groups excluding carboxylic acids is 1. The number of benzene rings is 2. The molecule has 1 aromatic heterocycles. The van der Waals surface area contributed by atoms with Crippen LogP contribution in [0, 0.1) is 5.82 Å². The van der Waals surface area contributed by atoms with Crippen LogP contribution < -0.4 is 10.6 Å². The molecule has 0 unspecified atom stereocenters. The minimum atomic E-state index is -0.290. The molecule has 2 aromatic carbocycles. The van der Waals surface area contributed by atoms with Crippen molar-refractivity contribution in [1.29, 1.82) is 0 Å². The third-order valence-corrected chi connectivity index (χ3v) is 4.37. The van der Waals surface area contributed by atoms with Crippen LogP contribution in [0.15, 0.2) is 60.9 Å². The normalized spacial score (nSPS) is 10.7. The second-order valence-electron chi connectivity index (χ2n) is 6.82. The first-order valence-corrected chi connectivity index (χ1v) is 9.23. The maximum atomic E-state index is 12.9. The van der Waals surface area contributed by atoms with Crippen molar-refractivity contribution >= 4 is 17.4 Å². The molecule has 0 saturated carbocycles. The number of nitrogens with one attached hydrogen (secondary N) is 2. The van der Waals surface area contributed by atoms with Crippen LogP contribution in [0.25, 0.3) is 0 Å². The van der Waals surface area contributed by atoms with Gasteiger partial charge in [0.15, 0.2) is 0 Å². The van der Waals surface area contributed by atoms with E-state index in [1.54, 1.807) is 18.2 Å². The Kier molecular flexibility index (Phi) is 6.32. The first-order valence-electron chi connectivity index (χ1n) is 9.23. The molecule has 6 heteroatoms. The predicted octanol–water partition coefficient (Wildman–Crippen LogP) is 4.65. The molecule has 0 aliphatic heterocycles. The van der Waals surface area contributed by atoms with Crippen LogP contribution in [0.3, 0.4) is 0 Å². The van der Waals surface area contributed by atoms with Gasteiger partial charge >= 0.3 is 0 Å². The molecule has 0 aliphatic carbocycles. The first kappa shape index (κ1) is 19.5. The van der Waals surface area contributed by atoms with E-state index < -0.39 is 0 Å². The average Bonchev–Trinajstić information content (AvgIpc) is 2.70. The van der Waals surface area contributed by atoms with Crippen molar-refractivity contribution in [3.63, 3.8) is 0 Å². The molecule has 0 atom stereocenters. The molecule has 3 rings (SSSR count). The van der Waals surface area contributed by atoms with Gasteiger partial charge in [-0.25, -0.2) is 14.4 Å². The van der Waals surface area contributed by atoms with E-state index >= 15 is 0 Å². The van der Waals surface area contributed by atoms with Gasteiger partial charge in [-0.15, -0.1) is 0 Å². The fourth-order valence-corrected chi connectivity index (χ4v) is 2.71. The molecule has 2 N–H and O–H groups in total. The Hall–Kier alpha value is -3.28. The number of halogens is 1. The highest BCUT2D eigenvalue weighted by Gasteiger charge is 2.10. The second kappa shape index (κ2) is 9.08. The largest absolute Gasteiger partial charge is 0.370 e. The fourth-order valence-electron chi connectivity index (χ4n) is 2.71. The second-order valence-corrected chi connectivity index (χ2v) is 6.82. The van der Waals surface area contributed by atoms with E-state index in [-0.39, 0.29) is 17.4 Å². The molecule has 3 aromatic rings. The number of nitrogens with zero attached hydrogens (tertiary/aromatic N) is 2. The maximum absolute atomic E-state index is 12.9. The number of amides is 1. The molecule has 1 amide bonds. The Morgan fingerprint density at radius 1 is 1.04 bits per heavy atom. The first-order chi connectivity index (χ1) is 13.5. The zero-order valence-corrected chi connectivity index (χ0v) is 15.9. The summed E-state index contributed by atoms with van der Waals surface area (Å²) in [7, 11) is 0. The summed E-state index contributed by atoms with van der Waals surface area (Å²) in [6.07, 6.45) is 2.07. The van der Waals surface area contributed by atoms with E-state index in [4.69, 9.17) is 0 Å². The molecule has 5 nitrogen and oxygen atoms in total. The zero-order valence-electron chi connectivity index (χ0n) is 15.9. The van der Waals surface area contributed by atoms with Crippen LogP contribution in [0.4, 0.5) is 15.9 Å². The lowest BCUT2D eigenvalue weighted by Crippen LogP contribution is -2.15. The van der Waals surface area contributed by atoms with Gasteiger partial charge in [0.1, 0.15) is 23.7 Å². The van der Waals surface area contributed by atoms with Gasteiger partial charge in [-0.05, 0) is 47.7 Å². The number of rotatable bonds is 7. The quantitative estimate of drug-likeness (QED) is 0.628. The van der Waals surface area contributed by atoms with Gasteiger partial charge in [-0.1, -0.05) is 38.1 Å². The number of hydrogen-bond acceptors (Lipinski definition) is 4. The van der Waals surface area contributed by atoms with Crippen molar-refractivity contribution in [3.05, 3.63) is 83.6 Å². The Morgan fingerprint density at radius 3 is 2.43 bits per heavy atom. The summed E-state index contributed by atoms with van der Waals surface area (Å²) in [6.45, 7) is 4.86. The Labute approximate surface area is 164 Å². The minimum Gasteiger partial charge on any atom is -0.370 e. The topological polar surface area (TPSA) is 66.9 Å². The SMILES string of the molecule is CC(C)c1ccc(NC(=O)c2cc(NCCc3ccc(F)cc3)ncn2)cc1. The molecule has 0 radical (unpaired) electrons. The van der Waals surface area contributed by atoms with Gasteiger partial charge in [0.25, 0.3) is 5.91 Å². The maximum Gasteiger partial charge on any atom is 0.274 e. The summed E-state index contributed by atoms with van der Waals surface area (Å²) < 4.78 is 12.9. The van der Waals surface area contributed by atoms with Gasteiger partial charge in [0.05, 0.1) is 0 Å². The van der Waals surface area contributed by atoms with E-state index in [1.807, 2.05) is 24.3 Å². The summed E-state index contributed by atoms with van der Waals surface area (Å²) >= 11 is 0. The molecule has 0 saturated heterocycles. The summed E-state index contributed by atoms with van der Waals surface area (Å²) in [5, 5.41) is 6.01. The van der Waals surface area contributed by atoms with E-state index in [0.717, 1.165) is 11.3 Å². The molecular weight excluding hydrogens is 355 g/mol. The lowest BCUT2D eigenvalue weighted by molar-refractivity contribution is 0.102. The molecule has 0 fully saturated rings. The van der Waals surface area contributed by atoms with Crippen molar-refractivity contribution in [1.82, 2.24) is 9.97 Å². The molecule has 28 heavy (non-hydrogen) atoms. The summed E-state index contributed by atoms with van der Waals surface area (Å²) in [4.78, 5) is 20.6. The number of carbonyl (C=O) groups is 1. The summed E-state index contributed by atoms with van der Waals surface area (Å²) in [6, 6.07) is 15.8. The van der Waals surface area contributed by atoms with Gasteiger partial charge < -0.3 is 10.6 Å². The monoisotopic (exact) mass is 378 g/mol. The predicted molar refractivity (Wildman–Crippen MR) is 109 cm³/mol. The van der Waals surface area contributed by atoms with Crippen molar-refractivity contribution < 1.29 is 9.18 Å². The van der Waals surface area contributed by atoms with E-state index in [9.17, 15) is 9.18 Å². The van der Waals surface area contributed by atoms with Crippen LogP contribution in [-0.4, -0.2) is 22.4 Å². The smallest absolute Gasteiger partial charge is 0.274 e. The molecule has 0 bridgehead atoms.